The van der Waals surface area contributed by atoms with Crippen LogP contribution in [0.1, 0.15) is 16.1 Å². The number of sulfonamides is 1. The van der Waals surface area contributed by atoms with Crippen LogP contribution < -0.4 is 5.73 Å². The van der Waals surface area contributed by atoms with Crippen molar-refractivity contribution in [1.82, 2.24) is 9.29 Å². The van der Waals surface area contributed by atoms with E-state index in [1.165, 1.54) is 23.5 Å². The van der Waals surface area contributed by atoms with Gasteiger partial charge in [0.05, 0.1) is 7.11 Å². The minimum atomic E-state index is -3.74. The van der Waals surface area contributed by atoms with Crippen molar-refractivity contribution in [3.63, 3.8) is 0 Å². The molecule has 8 heteroatoms. The second-order valence-electron chi connectivity index (χ2n) is 5.30. The van der Waals surface area contributed by atoms with Crippen molar-refractivity contribution in [2.24, 2.45) is 5.73 Å². The normalized spacial score (nSPS) is 11.5. The van der Waals surface area contributed by atoms with Crippen LogP contribution in [0.25, 0.3) is 0 Å². The second-order valence-corrected chi connectivity index (χ2v) is 7.24. The van der Waals surface area contributed by atoms with E-state index in [4.69, 9.17) is 5.73 Å². The highest BCUT2D eigenvalue weighted by Gasteiger charge is 2.24. The Morgan fingerprint density at radius 3 is 2.44 bits per heavy atom. The number of carbonyl (C=O) groups excluding carboxylic acids is 1. The number of rotatable bonds is 8. The number of pyridine rings is 1. The third-order valence-electron chi connectivity index (χ3n) is 3.64. The van der Waals surface area contributed by atoms with Crippen molar-refractivity contribution in [1.29, 1.82) is 0 Å². The molecule has 2 N–H and O–H groups in total. The lowest BCUT2D eigenvalue weighted by molar-refractivity contribution is 0.0594. The minimum absolute atomic E-state index is 0.0154. The van der Waals surface area contributed by atoms with Gasteiger partial charge in [0.15, 0.2) is 0 Å². The maximum atomic E-state index is 12.8. The Morgan fingerprint density at radius 2 is 1.88 bits per heavy atom. The van der Waals surface area contributed by atoms with Gasteiger partial charge in [0.1, 0.15) is 10.6 Å². The summed E-state index contributed by atoms with van der Waals surface area (Å²) in [5.74, 6) is -0.619. The monoisotopic (exact) mass is 363 g/mol. The number of esters is 1. The molecular weight excluding hydrogens is 342 g/mol. The van der Waals surface area contributed by atoms with E-state index in [9.17, 15) is 13.2 Å². The van der Waals surface area contributed by atoms with Crippen LogP contribution >= 0.6 is 0 Å². The maximum absolute atomic E-state index is 12.8. The van der Waals surface area contributed by atoms with Gasteiger partial charge < -0.3 is 10.5 Å². The highest BCUT2D eigenvalue weighted by Crippen LogP contribution is 2.16. The van der Waals surface area contributed by atoms with Crippen LogP contribution in [0.2, 0.25) is 0 Å². The predicted molar refractivity (Wildman–Crippen MR) is 93.5 cm³/mol. The quantitative estimate of drug-likeness (QED) is 0.704. The molecule has 134 valence electrons. The largest absolute Gasteiger partial charge is 0.464 e. The zero-order chi connectivity index (χ0) is 18.3. The number of hydrogen-bond acceptors (Lipinski definition) is 6. The predicted octanol–water partition coefficient (Wildman–Crippen LogP) is 1.06. The fourth-order valence-corrected chi connectivity index (χ4v) is 3.70. The van der Waals surface area contributed by atoms with Crippen molar-refractivity contribution in [2.45, 2.75) is 11.3 Å². The van der Waals surface area contributed by atoms with Gasteiger partial charge in [0, 0.05) is 25.8 Å². The van der Waals surface area contributed by atoms with Crippen molar-refractivity contribution in [3.05, 3.63) is 59.9 Å². The van der Waals surface area contributed by atoms with Crippen LogP contribution in [0, 0.1) is 0 Å². The summed E-state index contributed by atoms with van der Waals surface area (Å²) in [5.41, 5.74) is 6.66. The van der Waals surface area contributed by atoms with Gasteiger partial charge in [-0.15, -0.1) is 0 Å². The van der Waals surface area contributed by atoms with E-state index in [-0.39, 0.29) is 23.7 Å². The number of hydrogen-bond donors (Lipinski definition) is 1. The van der Waals surface area contributed by atoms with Gasteiger partial charge >= 0.3 is 5.97 Å². The molecule has 1 aromatic heterocycles. The first-order valence-corrected chi connectivity index (χ1v) is 9.21. The summed E-state index contributed by atoms with van der Waals surface area (Å²) in [6.45, 7) is 0.720. The molecule has 0 spiro atoms. The van der Waals surface area contributed by atoms with Crippen molar-refractivity contribution in [3.8, 4) is 0 Å². The Balaban J connectivity index is 2.18. The fourth-order valence-electron chi connectivity index (χ4n) is 2.30. The highest BCUT2D eigenvalue weighted by molar-refractivity contribution is 7.89. The molecule has 0 atom stereocenters. The molecule has 0 amide bonds. The Labute approximate surface area is 147 Å². The summed E-state index contributed by atoms with van der Waals surface area (Å²) in [6.07, 6.45) is 1.74. The molecule has 0 aliphatic heterocycles. The maximum Gasteiger partial charge on any atom is 0.356 e. The van der Waals surface area contributed by atoms with Crippen LogP contribution in [0.5, 0.6) is 0 Å². The standard InChI is InChI=1S/C17H21N3O4S/c1-24-17(21)16-8-7-15(13-19-16)25(22,23)20(12-10-18)11-9-14-5-3-2-4-6-14/h2-8,13H,9-12,18H2,1H3. The lowest BCUT2D eigenvalue weighted by Crippen LogP contribution is -2.37. The van der Waals surface area contributed by atoms with Gasteiger partial charge in [-0.25, -0.2) is 18.2 Å². The average Bonchev–Trinajstić information content (AvgIpc) is 2.65. The Kier molecular flexibility index (Phi) is 6.63. The molecule has 1 aromatic carbocycles. The molecule has 0 fully saturated rings. The number of benzene rings is 1. The van der Waals surface area contributed by atoms with Crippen LogP contribution in [0.15, 0.2) is 53.6 Å². The Bertz CT molecular complexity index is 792. The zero-order valence-corrected chi connectivity index (χ0v) is 14.8. The molecule has 0 aliphatic rings. The van der Waals surface area contributed by atoms with Crippen LogP contribution in [-0.2, 0) is 21.2 Å². The van der Waals surface area contributed by atoms with Gasteiger partial charge in [-0.2, -0.15) is 4.31 Å². The number of nitrogens with zero attached hydrogens (tertiary/aromatic N) is 2. The van der Waals surface area contributed by atoms with Gasteiger partial charge in [0.2, 0.25) is 10.0 Å². The zero-order valence-electron chi connectivity index (χ0n) is 14.0. The fraction of sp³-hybridized carbons (Fsp3) is 0.294. The molecule has 0 unspecified atom stereocenters. The van der Waals surface area contributed by atoms with Gasteiger partial charge in [-0.3, -0.25) is 0 Å². The molecule has 0 radical (unpaired) electrons. The summed E-state index contributed by atoms with van der Waals surface area (Å²) in [6, 6.07) is 12.3. The minimum Gasteiger partial charge on any atom is -0.464 e. The summed E-state index contributed by atoms with van der Waals surface area (Å²) in [5, 5.41) is 0. The van der Waals surface area contributed by atoms with Crippen LogP contribution in [-0.4, -0.2) is 50.4 Å². The number of aromatic nitrogens is 1. The number of methoxy groups -OCH3 is 1. The smallest absolute Gasteiger partial charge is 0.356 e. The van der Waals surface area contributed by atoms with Gasteiger partial charge in [0.25, 0.3) is 0 Å². The Hall–Kier alpha value is -2.29. The van der Waals surface area contributed by atoms with E-state index in [1.54, 1.807) is 0 Å². The van der Waals surface area contributed by atoms with Crippen LogP contribution in [0.4, 0.5) is 0 Å². The molecule has 0 saturated heterocycles. The first-order chi connectivity index (χ1) is 12.0. The van der Waals surface area contributed by atoms with E-state index in [1.807, 2.05) is 30.3 Å². The molecule has 0 bridgehead atoms. The summed E-state index contributed by atoms with van der Waals surface area (Å²) in [4.78, 5) is 15.3. The first kappa shape index (κ1) is 19.0. The van der Waals surface area contributed by atoms with Crippen molar-refractivity contribution in [2.75, 3.05) is 26.7 Å². The third kappa shape index (κ3) is 4.85. The van der Waals surface area contributed by atoms with E-state index >= 15 is 0 Å². The topological polar surface area (TPSA) is 103 Å². The van der Waals surface area contributed by atoms with Crippen molar-refractivity contribution < 1.29 is 17.9 Å². The molecular formula is C17H21N3O4S. The first-order valence-electron chi connectivity index (χ1n) is 7.77. The molecule has 7 nitrogen and oxygen atoms in total. The van der Waals surface area contributed by atoms with Gasteiger partial charge in [-0.05, 0) is 24.1 Å². The molecule has 2 aromatic rings. The van der Waals surface area contributed by atoms with E-state index in [2.05, 4.69) is 9.72 Å². The number of nitrogens with two attached hydrogens (primary N) is 1. The summed E-state index contributed by atoms with van der Waals surface area (Å²) < 4.78 is 31.5. The molecule has 1 heterocycles. The van der Waals surface area contributed by atoms with E-state index in [0.29, 0.717) is 13.0 Å². The van der Waals surface area contributed by atoms with E-state index < -0.39 is 16.0 Å². The number of carbonyl (C=O) groups is 1. The number of ether oxygens (including phenoxy) is 1. The van der Waals surface area contributed by atoms with Gasteiger partial charge in [-0.1, -0.05) is 30.3 Å². The Morgan fingerprint density at radius 1 is 1.16 bits per heavy atom. The van der Waals surface area contributed by atoms with E-state index in [0.717, 1.165) is 11.8 Å². The lowest BCUT2D eigenvalue weighted by Gasteiger charge is -2.21. The molecule has 0 aliphatic carbocycles. The summed E-state index contributed by atoms with van der Waals surface area (Å²) >= 11 is 0. The molecule has 25 heavy (non-hydrogen) atoms. The van der Waals surface area contributed by atoms with Crippen LogP contribution in [0.3, 0.4) is 0 Å². The molecule has 2 rings (SSSR count). The average molecular weight is 363 g/mol. The van der Waals surface area contributed by atoms with Crippen molar-refractivity contribution >= 4 is 16.0 Å². The molecule has 0 saturated carbocycles. The second kappa shape index (κ2) is 8.70. The lowest BCUT2D eigenvalue weighted by atomic mass is 10.1. The SMILES string of the molecule is COC(=O)c1ccc(S(=O)(=O)N(CCN)CCc2ccccc2)cn1. The highest BCUT2D eigenvalue weighted by atomic mass is 32.2. The third-order valence-corrected chi connectivity index (χ3v) is 5.52. The summed E-state index contributed by atoms with van der Waals surface area (Å²) in [7, 11) is -2.51.